The van der Waals surface area contributed by atoms with Crippen LogP contribution < -0.4 is 19.5 Å². The third kappa shape index (κ3) is 16.2. The lowest BCUT2D eigenvalue weighted by Gasteiger charge is -2.15. The standard InChI is InChI=1S/C47H48Cl2N8O12S2/c1-3-4-17-68-41-25-38(56-54-34-13-9-30(28-58)10-14-34)36(48)20-32(41)22-44-51-45(53-47(52-44)50-27-29-7-11-31(12-8-29)46(59)60)23-33-21-37(49)39(26-42(33)69-18-5-6-19-70(61,62)63)57-55-35-15-16-40(67-2)43(24-35)71(64,65)66/h7-16,20-21,24-26,58H,3-6,17-19,22-23,27-28H2,1-2H3,(H,59,60)(H,61,62,63)(H,64,65,66)(H,50,51,52,53). The summed E-state index contributed by atoms with van der Waals surface area (Å²) in [6, 6.07) is 23.4. The van der Waals surface area contributed by atoms with Crippen LogP contribution in [0.1, 0.15) is 76.9 Å². The molecule has 6 rings (SSSR count). The molecule has 5 aromatic carbocycles. The predicted octanol–water partition coefficient (Wildman–Crippen LogP) is 10.5. The number of nitrogens with one attached hydrogen (secondary N) is 1. The second-order valence-electron chi connectivity index (χ2n) is 15.6. The molecule has 6 aromatic rings. The molecule has 0 radical (unpaired) electrons. The number of azo groups is 2. The number of carbonyl (C=O) groups is 1. The van der Waals surface area contributed by atoms with Crippen LogP contribution in [0.2, 0.25) is 10.0 Å². The topological polar surface area (TPSA) is 294 Å². The van der Waals surface area contributed by atoms with Crippen molar-refractivity contribution in [2.24, 2.45) is 20.5 Å². The van der Waals surface area contributed by atoms with Crippen molar-refractivity contribution in [1.29, 1.82) is 0 Å². The summed E-state index contributed by atoms with van der Waals surface area (Å²) in [5.74, 6) is -0.265. The van der Waals surface area contributed by atoms with Crippen LogP contribution >= 0.6 is 23.2 Å². The molecular formula is C47H48Cl2N8O12S2. The van der Waals surface area contributed by atoms with Gasteiger partial charge in [0.25, 0.3) is 20.2 Å². The zero-order chi connectivity index (χ0) is 51.1. The molecule has 0 spiro atoms. The van der Waals surface area contributed by atoms with Crippen LogP contribution in [0.5, 0.6) is 17.2 Å². The summed E-state index contributed by atoms with van der Waals surface area (Å²) in [4.78, 5) is 25.3. The number of aromatic carboxylic acids is 1. The number of ether oxygens (including phenoxy) is 3. The second kappa shape index (κ2) is 24.9. The number of carboxylic acids is 1. The minimum absolute atomic E-state index is 0.0000169. The van der Waals surface area contributed by atoms with E-state index in [0.717, 1.165) is 30.0 Å². The molecule has 374 valence electrons. The molecule has 0 bridgehead atoms. The average Bonchev–Trinajstić information content (AvgIpc) is 3.33. The maximum absolute atomic E-state index is 12.0. The summed E-state index contributed by atoms with van der Waals surface area (Å²) in [7, 11) is -7.66. The third-order valence-electron chi connectivity index (χ3n) is 10.2. The SMILES string of the molecule is CCCCOc1cc(N=Nc2ccc(CO)cc2)c(Cl)cc1Cc1nc(Cc2cc(Cl)c(N=Nc3ccc(OC)c(S(=O)(=O)O)c3)cc2OCCCCS(=O)(=O)O)nc(NCc2ccc(C(=O)O)cc2)n1. The van der Waals surface area contributed by atoms with E-state index in [-0.39, 0.29) is 95.7 Å². The number of nitrogens with zero attached hydrogens (tertiary/aromatic N) is 7. The maximum Gasteiger partial charge on any atom is 0.335 e. The number of hydrogen-bond donors (Lipinski definition) is 5. The highest BCUT2D eigenvalue weighted by Crippen LogP contribution is 2.38. The van der Waals surface area contributed by atoms with Gasteiger partial charge in [-0.25, -0.2) is 9.78 Å². The van der Waals surface area contributed by atoms with E-state index in [1.165, 1.54) is 37.4 Å². The number of halogens is 2. The van der Waals surface area contributed by atoms with Crippen molar-refractivity contribution in [3.8, 4) is 17.2 Å². The Hall–Kier alpha value is -6.66. The molecule has 0 unspecified atom stereocenters. The zero-order valence-corrected chi connectivity index (χ0v) is 41.3. The highest BCUT2D eigenvalue weighted by atomic mass is 35.5. The van der Waals surface area contributed by atoms with Crippen molar-refractivity contribution in [3.05, 3.63) is 141 Å². The lowest BCUT2D eigenvalue weighted by atomic mass is 10.1. The summed E-state index contributed by atoms with van der Waals surface area (Å²) in [6.45, 7) is 2.51. The average molecular weight is 1050 g/mol. The van der Waals surface area contributed by atoms with Crippen LogP contribution in [-0.4, -0.2) is 83.2 Å². The molecule has 0 aliphatic rings. The quantitative estimate of drug-likeness (QED) is 0.0202. The van der Waals surface area contributed by atoms with Crippen molar-refractivity contribution < 1.29 is 55.2 Å². The Balaban J connectivity index is 1.37. The molecule has 5 N–H and O–H groups in total. The number of unbranched alkanes of at least 4 members (excludes halogenated alkanes) is 2. The first-order valence-corrected chi connectivity index (χ1v) is 25.6. The molecular weight excluding hydrogens is 1000 g/mol. The number of hydrogen-bond acceptors (Lipinski definition) is 17. The Morgan fingerprint density at radius 1 is 0.676 bits per heavy atom. The monoisotopic (exact) mass is 1050 g/mol. The number of aromatic nitrogens is 3. The second-order valence-corrected chi connectivity index (χ2v) is 19.4. The lowest BCUT2D eigenvalue weighted by molar-refractivity contribution is 0.0696. The largest absolute Gasteiger partial charge is 0.495 e. The smallest absolute Gasteiger partial charge is 0.335 e. The highest BCUT2D eigenvalue weighted by molar-refractivity contribution is 7.86. The number of aliphatic hydroxyl groups is 1. The van der Waals surface area contributed by atoms with Crippen LogP contribution in [0.15, 0.2) is 116 Å². The number of aliphatic hydroxyl groups excluding tert-OH is 1. The number of carboxylic acid groups (broad SMARTS) is 1. The molecule has 0 saturated heterocycles. The summed E-state index contributed by atoms with van der Waals surface area (Å²) in [5, 5.41) is 39.4. The Morgan fingerprint density at radius 2 is 1.23 bits per heavy atom. The van der Waals surface area contributed by atoms with E-state index >= 15 is 0 Å². The fourth-order valence-corrected chi connectivity index (χ4v) is 8.27. The maximum atomic E-state index is 12.0. The van der Waals surface area contributed by atoms with Gasteiger partial charge in [-0.3, -0.25) is 9.11 Å². The molecule has 0 aliphatic carbocycles. The first-order chi connectivity index (χ1) is 33.9. The molecule has 0 aliphatic heterocycles. The number of methoxy groups -OCH3 is 1. The molecule has 71 heavy (non-hydrogen) atoms. The Bertz CT molecular complexity index is 3130. The Kier molecular flexibility index (Phi) is 18.9. The van der Waals surface area contributed by atoms with Gasteiger partial charge >= 0.3 is 5.97 Å². The van der Waals surface area contributed by atoms with Gasteiger partial charge in [0.1, 0.15) is 45.2 Å². The number of anilines is 1. The summed E-state index contributed by atoms with van der Waals surface area (Å²) < 4.78 is 83.3. The van der Waals surface area contributed by atoms with Gasteiger partial charge in [0.2, 0.25) is 5.95 Å². The Labute approximate surface area is 419 Å². The van der Waals surface area contributed by atoms with Crippen molar-refractivity contribution >= 4 is 78.1 Å². The van der Waals surface area contributed by atoms with E-state index < -0.39 is 36.9 Å². The van der Waals surface area contributed by atoms with Crippen molar-refractivity contribution in [3.63, 3.8) is 0 Å². The van der Waals surface area contributed by atoms with E-state index in [9.17, 15) is 40.9 Å². The van der Waals surface area contributed by atoms with Crippen LogP contribution in [0.3, 0.4) is 0 Å². The fourth-order valence-electron chi connectivity index (χ4n) is 6.57. The molecule has 24 heteroatoms. The van der Waals surface area contributed by atoms with E-state index in [0.29, 0.717) is 40.7 Å². The van der Waals surface area contributed by atoms with Gasteiger partial charge in [0, 0.05) is 42.6 Å². The molecule has 0 fully saturated rings. The van der Waals surface area contributed by atoms with Crippen LogP contribution in [0.25, 0.3) is 0 Å². The van der Waals surface area contributed by atoms with Gasteiger partial charge in [-0.2, -0.15) is 37.0 Å². The fraction of sp³-hybridized carbons (Fsp3) is 0.277. The summed E-state index contributed by atoms with van der Waals surface area (Å²) >= 11 is 13.6. The van der Waals surface area contributed by atoms with Crippen molar-refractivity contribution in [1.82, 2.24) is 15.0 Å². The van der Waals surface area contributed by atoms with Crippen molar-refractivity contribution in [2.45, 2.75) is 63.5 Å². The van der Waals surface area contributed by atoms with E-state index in [1.54, 1.807) is 54.6 Å². The Morgan fingerprint density at radius 3 is 1.75 bits per heavy atom. The third-order valence-corrected chi connectivity index (χ3v) is 12.5. The van der Waals surface area contributed by atoms with Gasteiger partial charge in [-0.15, -0.1) is 10.2 Å². The van der Waals surface area contributed by atoms with Gasteiger partial charge < -0.3 is 29.7 Å². The van der Waals surface area contributed by atoms with Gasteiger partial charge in [0.15, 0.2) is 0 Å². The molecule has 20 nitrogen and oxygen atoms in total. The van der Waals surface area contributed by atoms with E-state index in [2.05, 4.69) is 25.8 Å². The van der Waals surface area contributed by atoms with Gasteiger partial charge in [-0.1, -0.05) is 60.8 Å². The van der Waals surface area contributed by atoms with Crippen LogP contribution in [-0.2, 0) is 46.2 Å². The summed E-state index contributed by atoms with van der Waals surface area (Å²) in [6.07, 6.45) is 2.03. The minimum Gasteiger partial charge on any atom is -0.495 e. The molecule has 1 heterocycles. The van der Waals surface area contributed by atoms with Crippen molar-refractivity contribution in [2.75, 3.05) is 31.4 Å². The first kappa shape index (κ1) is 53.7. The molecule has 1 aromatic heterocycles. The summed E-state index contributed by atoms with van der Waals surface area (Å²) in [5.41, 5.74) is 3.67. The lowest BCUT2D eigenvalue weighted by Crippen LogP contribution is -2.12. The van der Waals surface area contributed by atoms with Crippen LogP contribution in [0, 0.1) is 0 Å². The van der Waals surface area contributed by atoms with E-state index in [4.69, 9.17) is 52.4 Å². The highest BCUT2D eigenvalue weighted by Gasteiger charge is 2.20. The number of benzene rings is 5. The molecule has 0 atom stereocenters. The number of rotatable bonds is 25. The zero-order valence-electron chi connectivity index (χ0n) is 38.2. The molecule has 0 amide bonds. The predicted molar refractivity (Wildman–Crippen MR) is 264 cm³/mol. The van der Waals surface area contributed by atoms with Crippen LogP contribution in [0.4, 0.5) is 28.7 Å². The molecule has 0 saturated carbocycles. The van der Waals surface area contributed by atoms with Gasteiger partial charge in [-0.05, 0) is 85.0 Å². The minimum atomic E-state index is -4.69. The normalized spacial score (nSPS) is 11.9. The first-order valence-electron chi connectivity index (χ1n) is 21.8. The van der Waals surface area contributed by atoms with Gasteiger partial charge in [0.05, 0.1) is 59.7 Å². The van der Waals surface area contributed by atoms with E-state index in [1.807, 2.05) is 6.92 Å².